The van der Waals surface area contributed by atoms with Crippen molar-refractivity contribution in [3.05, 3.63) is 28.2 Å². The maximum atomic E-state index is 9.35. The van der Waals surface area contributed by atoms with Gasteiger partial charge in [0.2, 0.25) is 0 Å². The molecule has 1 aliphatic rings. The lowest BCUT2D eigenvalue weighted by atomic mass is 9.98. The van der Waals surface area contributed by atoms with Gasteiger partial charge in [-0.3, -0.25) is 0 Å². The molecular weight excluding hydrogens is 266 g/mol. The molecule has 0 bridgehead atoms. The number of benzene rings is 1. The van der Waals surface area contributed by atoms with Crippen molar-refractivity contribution < 1.29 is 5.11 Å². The summed E-state index contributed by atoms with van der Waals surface area (Å²) in [5.74, 6) is 0.834. The summed E-state index contributed by atoms with van der Waals surface area (Å²) in [4.78, 5) is 2.39. The number of rotatable bonds is 2. The third-order valence-corrected chi connectivity index (χ3v) is 3.84. The zero-order valence-corrected chi connectivity index (χ0v) is 11.2. The Bertz CT molecular complexity index is 359. The van der Waals surface area contributed by atoms with Gasteiger partial charge in [-0.1, -0.05) is 28.9 Å². The molecule has 1 N–H and O–H groups in total. The molecule has 2 nitrogen and oxygen atoms in total. The number of aliphatic hydroxyl groups excluding tert-OH is 1. The van der Waals surface area contributed by atoms with E-state index < -0.39 is 0 Å². The molecule has 88 valence electrons. The van der Waals surface area contributed by atoms with Crippen LogP contribution in [-0.4, -0.2) is 18.2 Å². The highest BCUT2D eigenvalue weighted by Crippen LogP contribution is 2.29. The van der Waals surface area contributed by atoms with Gasteiger partial charge in [-0.15, -0.1) is 0 Å². The molecule has 0 spiro atoms. The fraction of sp³-hybridized carbons (Fsp3) is 0.538. The summed E-state index contributed by atoms with van der Waals surface area (Å²) >= 11 is 3.50. The lowest BCUT2D eigenvalue weighted by Crippen LogP contribution is -2.33. The van der Waals surface area contributed by atoms with E-state index in [1.54, 1.807) is 0 Å². The first-order valence-electron chi connectivity index (χ1n) is 5.85. The Morgan fingerprint density at radius 1 is 1.38 bits per heavy atom. The molecule has 2 rings (SSSR count). The summed E-state index contributed by atoms with van der Waals surface area (Å²) in [5.41, 5.74) is 2.21. The fourth-order valence-corrected chi connectivity index (χ4v) is 2.56. The Morgan fingerprint density at radius 2 is 2.06 bits per heavy atom. The average molecular weight is 284 g/mol. The second-order valence-corrected chi connectivity index (χ2v) is 5.52. The summed E-state index contributed by atoms with van der Waals surface area (Å²) in [7, 11) is 0. The molecule has 1 saturated heterocycles. The SMILES string of the molecule is CC1CCN(c2cc(Br)ccc2CO)CC1. The van der Waals surface area contributed by atoms with Crippen LogP contribution in [0.3, 0.4) is 0 Å². The zero-order chi connectivity index (χ0) is 11.5. The van der Waals surface area contributed by atoms with Crippen molar-refractivity contribution in [2.24, 2.45) is 5.92 Å². The summed E-state index contributed by atoms with van der Waals surface area (Å²) in [6, 6.07) is 6.10. The van der Waals surface area contributed by atoms with Gasteiger partial charge in [0.25, 0.3) is 0 Å². The predicted molar refractivity (Wildman–Crippen MR) is 70.7 cm³/mol. The molecule has 1 aromatic carbocycles. The molecule has 1 heterocycles. The Kier molecular flexibility index (Phi) is 3.87. The number of hydrogen-bond acceptors (Lipinski definition) is 2. The topological polar surface area (TPSA) is 23.5 Å². The second-order valence-electron chi connectivity index (χ2n) is 4.60. The Balaban J connectivity index is 2.21. The molecule has 0 saturated carbocycles. The summed E-state index contributed by atoms with van der Waals surface area (Å²) < 4.78 is 1.08. The van der Waals surface area contributed by atoms with Crippen molar-refractivity contribution in [2.75, 3.05) is 18.0 Å². The van der Waals surface area contributed by atoms with E-state index in [0.29, 0.717) is 0 Å². The highest BCUT2D eigenvalue weighted by atomic mass is 79.9. The van der Waals surface area contributed by atoms with Gasteiger partial charge < -0.3 is 10.0 Å². The van der Waals surface area contributed by atoms with Crippen LogP contribution in [0.25, 0.3) is 0 Å². The number of halogens is 1. The van der Waals surface area contributed by atoms with Crippen LogP contribution in [0.1, 0.15) is 25.3 Å². The molecule has 1 aromatic rings. The summed E-state index contributed by atoms with van der Waals surface area (Å²) in [5, 5.41) is 9.35. The third-order valence-electron chi connectivity index (χ3n) is 3.34. The molecule has 3 heteroatoms. The van der Waals surface area contributed by atoms with Gasteiger partial charge in [0.05, 0.1) is 6.61 Å². The van der Waals surface area contributed by atoms with E-state index in [-0.39, 0.29) is 6.61 Å². The fourth-order valence-electron chi connectivity index (χ4n) is 2.21. The quantitative estimate of drug-likeness (QED) is 0.901. The van der Waals surface area contributed by atoms with Crippen LogP contribution in [-0.2, 0) is 6.61 Å². The minimum Gasteiger partial charge on any atom is -0.392 e. The minimum atomic E-state index is 0.120. The third kappa shape index (κ3) is 2.58. The van der Waals surface area contributed by atoms with Gasteiger partial charge in [0.15, 0.2) is 0 Å². The van der Waals surface area contributed by atoms with Crippen LogP contribution in [0.15, 0.2) is 22.7 Å². The van der Waals surface area contributed by atoms with Crippen LogP contribution in [0.5, 0.6) is 0 Å². The molecule has 0 unspecified atom stereocenters. The molecule has 0 amide bonds. The number of piperidine rings is 1. The first kappa shape index (κ1) is 11.9. The normalized spacial score (nSPS) is 17.8. The van der Waals surface area contributed by atoms with E-state index in [1.165, 1.54) is 18.5 Å². The van der Waals surface area contributed by atoms with Gasteiger partial charge in [-0.2, -0.15) is 0 Å². The summed E-state index contributed by atoms with van der Waals surface area (Å²) in [6.45, 7) is 4.63. The maximum Gasteiger partial charge on any atom is 0.0702 e. The molecule has 0 aromatic heterocycles. The van der Waals surface area contributed by atoms with Gasteiger partial charge in [-0.05, 0) is 30.9 Å². The lowest BCUT2D eigenvalue weighted by molar-refractivity contribution is 0.281. The smallest absolute Gasteiger partial charge is 0.0702 e. The van der Waals surface area contributed by atoms with Crippen molar-refractivity contribution in [1.29, 1.82) is 0 Å². The summed E-state index contributed by atoms with van der Waals surface area (Å²) in [6.07, 6.45) is 2.49. The molecule has 16 heavy (non-hydrogen) atoms. The molecule has 0 atom stereocenters. The van der Waals surface area contributed by atoms with Gasteiger partial charge in [-0.25, -0.2) is 0 Å². The first-order valence-corrected chi connectivity index (χ1v) is 6.64. The minimum absolute atomic E-state index is 0.120. The Morgan fingerprint density at radius 3 is 2.69 bits per heavy atom. The van der Waals surface area contributed by atoms with Crippen LogP contribution < -0.4 is 4.90 Å². The van der Waals surface area contributed by atoms with Crippen molar-refractivity contribution in [3.63, 3.8) is 0 Å². The number of hydrogen-bond donors (Lipinski definition) is 1. The molecule has 0 aliphatic carbocycles. The van der Waals surface area contributed by atoms with E-state index in [2.05, 4.69) is 33.8 Å². The van der Waals surface area contributed by atoms with E-state index >= 15 is 0 Å². The molecule has 0 radical (unpaired) electrons. The molecule has 1 fully saturated rings. The van der Waals surface area contributed by atoms with Gasteiger partial charge in [0.1, 0.15) is 0 Å². The van der Waals surface area contributed by atoms with E-state index in [4.69, 9.17) is 0 Å². The number of anilines is 1. The van der Waals surface area contributed by atoms with E-state index in [9.17, 15) is 5.11 Å². The van der Waals surface area contributed by atoms with Crippen molar-refractivity contribution >= 4 is 21.6 Å². The van der Waals surface area contributed by atoms with E-state index in [1.807, 2.05) is 12.1 Å². The molecule has 1 aliphatic heterocycles. The van der Waals surface area contributed by atoms with Gasteiger partial charge >= 0.3 is 0 Å². The highest BCUT2D eigenvalue weighted by molar-refractivity contribution is 9.10. The number of aliphatic hydroxyl groups is 1. The second kappa shape index (κ2) is 5.19. The van der Waals surface area contributed by atoms with Crippen LogP contribution in [0, 0.1) is 5.92 Å². The number of nitrogens with zero attached hydrogens (tertiary/aromatic N) is 1. The van der Waals surface area contributed by atoms with E-state index in [0.717, 1.165) is 29.0 Å². The highest BCUT2D eigenvalue weighted by Gasteiger charge is 2.18. The van der Waals surface area contributed by atoms with Crippen molar-refractivity contribution in [2.45, 2.75) is 26.4 Å². The zero-order valence-electron chi connectivity index (χ0n) is 9.62. The Labute approximate surface area is 105 Å². The van der Waals surface area contributed by atoms with Crippen LogP contribution in [0.2, 0.25) is 0 Å². The lowest BCUT2D eigenvalue weighted by Gasteiger charge is -2.33. The predicted octanol–water partition coefficient (Wildman–Crippen LogP) is 3.18. The van der Waals surface area contributed by atoms with Crippen molar-refractivity contribution in [1.82, 2.24) is 0 Å². The van der Waals surface area contributed by atoms with Crippen LogP contribution >= 0.6 is 15.9 Å². The van der Waals surface area contributed by atoms with Gasteiger partial charge in [0, 0.05) is 28.8 Å². The molecular formula is C13H18BrNO. The average Bonchev–Trinajstić information content (AvgIpc) is 2.30. The maximum absolute atomic E-state index is 9.35. The van der Waals surface area contributed by atoms with Crippen LogP contribution in [0.4, 0.5) is 5.69 Å². The van der Waals surface area contributed by atoms with Crippen molar-refractivity contribution in [3.8, 4) is 0 Å². The largest absolute Gasteiger partial charge is 0.392 e. The standard InChI is InChI=1S/C13H18BrNO/c1-10-4-6-15(7-5-10)13-8-12(14)3-2-11(13)9-16/h2-3,8,10,16H,4-7,9H2,1H3. The first-order chi connectivity index (χ1) is 7.70. The monoisotopic (exact) mass is 283 g/mol. The Hall–Kier alpha value is -0.540.